The number of imidazole rings is 1. The molecule has 4 aromatic heterocycles. The van der Waals surface area contributed by atoms with Crippen molar-refractivity contribution in [3.8, 4) is 108 Å². The first kappa shape index (κ1) is 49.7. The summed E-state index contributed by atoms with van der Waals surface area (Å²) in [5, 5.41) is 22.2. The zero-order valence-electron chi connectivity index (χ0n) is 46.1. The van der Waals surface area contributed by atoms with Gasteiger partial charge in [-0.2, -0.15) is 15.5 Å². The Bertz CT molecular complexity index is 4700. The van der Waals surface area contributed by atoms with Crippen molar-refractivity contribution in [2.24, 2.45) is 7.05 Å². The molecule has 0 amide bonds. The van der Waals surface area contributed by atoms with E-state index in [9.17, 15) is 10.5 Å². The lowest BCUT2D eigenvalue weighted by Crippen LogP contribution is -2.15. The fraction of sp³-hybridized carbons (Fsp3) is 0.110. The van der Waals surface area contributed by atoms with Crippen LogP contribution in [-0.2, 0) is 12.5 Å². The van der Waals surface area contributed by atoms with Crippen LogP contribution < -0.4 is 0 Å². The summed E-state index contributed by atoms with van der Waals surface area (Å²) in [5.74, 6) is 1.78. The van der Waals surface area contributed by atoms with Crippen LogP contribution in [-0.4, -0.2) is 34.1 Å². The molecular weight excluding hydrogens is 1000 g/mol. The molecule has 0 saturated heterocycles. The van der Waals surface area contributed by atoms with Gasteiger partial charge in [0.1, 0.15) is 12.1 Å². The van der Waals surface area contributed by atoms with Gasteiger partial charge in [-0.05, 0) is 136 Å². The number of rotatable bonds is 9. The van der Waals surface area contributed by atoms with Gasteiger partial charge in [-0.3, -0.25) is 4.57 Å². The Morgan fingerprint density at radius 3 is 1.63 bits per heavy atom. The van der Waals surface area contributed by atoms with Gasteiger partial charge in [-0.1, -0.05) is 172 Å². The summed E-state index contributed by atoms with van der Waals surface area (Å²) in [6.45, 7) is 8.99. The van der Waals surface area contributed by atoms with E-state index < -0.39 is 0 Å². The van der Waals surface area contributed by atoms with Crippen LogP contribution in [0.4, 0.5) is 0 Å². The third-order valence-electron chi connectivity index (χ3n) is 16.8. The number of hydrogen-bond donors (Lipinski definition) is 0. The van der Waals surface area contributed by atoms with Crippen molar-refractivity contribution < 1.29 is 0 Å². The number of fused-ring (bicyclic) bond motifs is 6. The molecule has 0 fully saturated rings. The lowest BCUT2D eigenvalue weighted by molar-refractivity contribution is 0.661. The van der Waals surface area contributed by atoms with E-state index in [1.165, 1.54) is 27.8 Å². The molecular formula is C73H53N9. The summed E-state index contributed by atoms with van der Waals surface area (Å²) >= 11 is 0. The summed E-state index contributed by atoms with van der Waals surface area (Å²) in [6.07, 6.45) is 8.37. The van der Waals surface area contributed by atoms with E-state index in [1.807, 2.05) is 24.3 Å². The number of benzene rings is 8. The van der Waals surface area contributed by atoms with Gasteiger partial charge in [-0.25, -0.2) is 19.9 Å². The number of aromatic nitrogens is 7. The van der Waals surface area contributed by atoms with Gasteiger partial charge >= 0.3 is 0 Å². The summed E-state index contributed by atoms with van der Waals surface area (Å²) in [6, 6.07) is 70.6. The minimum absolute atomic E-state index is 0.108. The Morgan fingerprint density at radius 1 is 0.476 bits per heavy atom. The van der Waals surface area contributed by atoms with Crippen molar-refractivity contribution in [3.05, 3.63) is 246 Å². The zero-order valence-corrected chi connectivity index (χ0v) is 46.1. The summed E-state index contributed by atoms with van der Waals surface area (Å²) in [4.78, 5) is 26.4. The largest absolute Gasteiger partial charge is 0.303 e. The van der Waals surface area contributed by atoms with Gasteiger partial charge in [-0.15, -0.1) is 0 Å². The topological polar surface area (TPSA) is 122 Å². The molecule has 390 valence electrons. The number of nitrogens with zero attached hydrogens (tertiary/aromatic N) is 9. The van der Waals surface area contributed by atoms with Gasteiger partial charge < -0.3 is 4.57 Å². The van der Waals surface area contributed by atoms with E-state index in [2.05, 4.69) is 226 Å². The molecule has 2 aliphatic rings. The molecule has 0 spiro atoms. The van der Waals surface area contributed by atoms with Crippen LogP contribution in [0.25, 0.3) is 123 Å². The van der Waals surface area contributed by atoms with Crippen LogP contribution in [0.1, 0.15) is 66.0 Å². The highest BCUT2D eigenvalue weighted by atomic mass is 15.2. The highest BCUT2D eigenvalue weighted by Crippen LogP contribution is 2.52. The van der Waals surface area contributed by atoms with E-state index in [1.54, 1.807) is 11.6 Å². The van der Waals surface area contributed by atoms with Gasteiger partial charge in [0.2, 0.25) is 5.95 Å². The second-order valence-electron chi connectivity index (χ2n) is 21.9. The number of allylic oxidation sites excluding steroid dienone is 4. The molecule has 0 N–H and O–H groups in total. The molecule has 0 bridgehead atoms. The molecule has 0 aliphatic heterocycles. The van der Waals surface area contributed by atoms with Crippen molar-refractivity contribution in [1.82, 2.24) is 34.1 Å². The van der Waals surface area contributed by atoms with E-state index in [0.717, 1.165) is 119 Å². The predicted octanol–water partition coefficient (Wildman–Crippen LogP) is 17.2. The van der Waals surface area contributed by atoms with Gasteiger partial charge in [0.15, 0.2) is 23.0 Å². The number of hydrogen-bond acceptors (Lipinski definition) is 7. The van der Waals surface area contributed by atoms with Crippen LogP contribution in [0, 0.1) is 36.5 Å². The van der Waals surface area contributed by atoms with Crippen LogP contribution >= 0.6 is 0 Å². The first-order chi connectivity index (χ1) is 40.1. The molecule has 82 heavy (non-hydrogen) atoms. The SMILES string of the molecule is Cc1c(-c2nc(C3=CC=CCC3)cc(-c3ccccc3)n2)cc(-c2nc(-c3ccccc3)cc(-c3ccccc3)n2)c(C)c1-c1cccc(-c2ccc3c(c2)-c2cc4c5ccccc5n(-c5nc(C#N)c(C#N)n5C)c4cc2C3(C)C)c1. The maximum absolute atomic E-state index is 10.1. The average Bonchev–Trinajstić information content (AvgIpc) is 2.10. The fourth-order valence-corrected chi connectivity index (χ4v) is 12.5. The normalized spacial score (nSPS) is 13.2. The number of nitriles is 2. The summed E-state index contributed by atoms with van der Waals surface area (Å²) in [7, 11) is 1.80. The Hall–Kier alpha value is -10.6. The lowest BCUT2D eigenvalue weighted by atomic mass is 9.82. The van der Waals surface area contributed by atoms with Crippen molar-refractivity contribution in [1.29, 1.82) is 10.5 Å². The van der Waals surface area contributed by atoms with Crippen molar-refractivity contribution in [2.45, 2.75) is 46.0 Å². The third kappa shape index (κ3) is 8.16. The molecule has 4 heterocycles. The van der Waals surface area contributed by atoms with Gasteiger partial charge in [0.25, 0.3) is 0 Å². The fourth-order valence-electron chi connectivity index (χ4n) is 12.5. The molecule has 0 radical (unpaired) electrons. The molecule has 12 aromatic rings. The maximum Gasteiger partial charge on any atom is 0.216 e. The smallest absolute Gasteiger partial charge is 0.216 e. The molecule has 9 nitrogen and oxygen atoms in total. The second kappa shape index (κ2) is 19.6. The summed E-state index contributed by atoms with van der Waals surface area (Å²) in [5.41, 5.74) is 22.6. The van der Waals surface area contributed by atoms with Crippen LogP contribution in [0.3, 0.4) is 0 Å². The van der Waals surface area contributed by atoms with Crippen molar-refractivity contribution in [3.63, 3.8) is 0 Å². The Labute approximate surface area is 476 Å². The highest BCUT2D eigenvalue weighted by molar-refractivity contribution is 6.11. The van der Waals surface area contributed by atoms with Crippen LogP contribution in [0.15, 0.2) is 206 Å². The Morgan fingerprint density at radius 2 is 1.04 bits per heavy atom. The van der Waals surface area contributed by atoms with E-state index in [4.69, 9.17) is 24.9 Å². The molecule has 0 saturated carbocycles. The highest BCUT2D eigenvalue weighted by Gasteiger charge is 2.37. The molecule has 9 heteroatoms. The average molecular weight is 1060 g/mol. The first-order valence-electron chi connectivity index (χ1n) is 27.7. The minimum atomic E-state index is -0.340. The quantitative estimate of drug-likeness (QED) is 0.141. The molecule has 0 unspecified atom stereocenters. The molecule has 2 aliphatic carbocycles. The maximum atomic E-state index is 10.1. The lowest BCUT2D eigenvalue weighted by Gasteiger charge is -2.22. The van der Waals surface area contributed by atoms with Crippen molar-refractivity contribution >= 4 is 27.4 Å². The zero-order chi connectivity index (χ0) is 55.8. The molecule has 0 atom stereocenters. The van der Waals surface area contributed by atoms with E-state index in [0.29, 0.717) is 17.6 Å². The van der Waals surface area contributed by atoms with E-state index >= 15 is 0 Å². The van der Waals surface area contributed by atoms with Crippen LogP contribution in [0.2, 0.25) is 0 Å². The predicted molar refractivity (Wildman–Crippen MR) is 330 cm³/mol. The molecule has 14 rings (SSSR count). The standard InChI is InChI=1S/C73H53N9/c1-44-54(70-76-61(46-21-10-6-11-22-46)40-62(77-70)47-23-12-7-13-24-47)37-55(71-78-63(48-25-14-8-15-26-48)41-64(79-71)49-27-16-9-17-28-49)45(2)69(44)52-30-20-29-50(35-52)51-33-34-59-56(36-51)57-38-58-53-31-18-19-32-66(53)82(67(58)39-60(57)73(59,3)4)72-80-65(42-74)68(43-75)81(72)5/h6-16,18-27,29-41H,17,28H2,1-5H3. The Balaban J connectivity index is 0.958. The van der Waals surface area contributed by atoms with Gasteiger partial charge in [0.05, 0.1) is 33.8 Å². The number of para-hydroxylation sites is 1. The first-order valence-corrected chi connectivity index (χ1v) is 27.7. The minimum Gasteiger partial charge on any atom is -0.303 e. The second-order valence-corrected chi connectivity index (χ2v) is 21.9. The molecule has 8 aromatic carbocycles. The van der Waals surface area contributed by atoms with Gasteiger partial charge in [0, 0.05) is 51.1 Å². The van der Waals surface area contributed by atoms with Crippen molar-refractivity contribution in [2.75, 3.05) is 0 Å². The Kier molecular flexibility index (Phi) is 11.9. The summed E-state index contributed by atoms with van der Waals surface area (Å²) < 4.78 is 3.82. The van der Waals surface area contributed by atoms with E-state index in [-0.39, 0.29) is 16.8 Å². The monoisotopic (exact) mass is 1060 g/mol. The van der Waals surface area contributed by atoms with Crippen LogP contribution in [0.5, 0.6) is 0 Å². The third-order valence-corrected chi connectivity index (χ3v) is 16.8.